The monoisotopic (exact) mass is 529 g/mol. The van der Waals surface area contributed by atoms with Crippen LogP contribution in [0.15, 0.2) is 68.0 Å². The molecule has 0 N–H and O–H groups in total. The quantitative estimate of drug-likeness (QED) is 0.346. The first kappa shape index (κ1) is 28.1. The summed E-state index contributed by atoms with van der Waals surface area (Å²) in [6, 6.07) is 6.87. The number of hydrogen-bond donors (Lipinski definition) is 0. The average Bonchev–Trinajstić information content (AvgIpc) is 3.29. The second-order valence-corrected chi connectivity index (χ2v) is 8.91. The van der Waals surface area contributed by atoms with Crippen LogP contribution in [0.5, 0.6) is 5.75 Å². The topological polar surface area (TPSA) is 99.4 Å². The van der Waals surface area contributed by atoms with Crippen LogP contribution in [0.4, 0.5) is 23.8 Å². The van der Waals surface area contributed by atoms with E-state index in [-0.39, 0.29) is 29.4 Å². The first-order valence-electron chi connectivity index (χ1n) is 11.3. The highest BCUT2D eigenvalue weighted by atomic mass is 19.4. The fourth-order valence-corrected chi connectivity index (χ4v) is 3.25. The van der Waals surface area contributed by atoms with Crippen LogP contribution in [0, 0.1) is 0 Å². The number of hydrogen-bond acceptors (Lipinski definition) is 7. The highest BCUT2D eigenvalue weighted by Crippen LogP contribution is 2.34. The van der Waals surface area contributed by atoms with Gasteiger partial charge in [-0.15, -0.1) is 16.8 Å². The molecule has 12 heteroatoms. The molecule has 2 amide bonds. The van der Waals surface area contributed by atoms with Gasteiger partial charge < -0.3 is 14.0 Å². The van der Waals surface area contributed by atoms with Crippen molar-refractivity contribution < 1.29 is 32.2 Å². The van der Waals surface area contributed by atoms with Gasteiger partial charge >= 0.3 is 12.3 Å². The third-order valence-corrected chi connectivity index (χ3v) is 4.81. The maximum absolute atomic E-state index is 13.7. The minimum atomic E-state index is -4.68. The van der Waals surface area contributed by atoms with Crippen LogP contribution < -0.4 is 9.64 Å². The van der Waals surface area contributed by atoms with Gasteiger partial charge in [0.25, 0.3) is 5.91 Å². The van der Waals surface area contributed by atoms with Gasteiger partial charge in [0.05, 0.1) is 11.1 Å². The second kappa shape index (κ2) is 11.3. The highest BCUT2D eigenvalue weighted by molar-refractivity contribution is 6.19. The van der Waals surface area contributed by atoms with Crippen molar-refractivity contribution in [3.63, 3.8) is 0 Å². The molecule has 38 heavy (non-hydrogen) atoms. The van der Waals surface area contributed by atoms with E-state index in [4.69, 9.17) is 9.47 Å². The zero-order valence-corrected chi connectivity index (χ0v) is 21.0. The summed E-state index contributed by atoms with van der Waals surface area (Å²) in [5.74, 6) is -1.21. The minimum absolute atomic E-state index is 0.149. The molecule has 0 aliphatic carbocycles. The number of amides is 2. The van der Waals surface area contributed by atoms with E-state index >= 15 is 0 Å². The molecule has 0 saturated heterocycles. The number of imide groups is 1. The number of carbonyl (C=O) groups excluding carboxylic acids is 2. The number of aromatic nitrogens is 4. The molecule has 0 bridgehead atoms. The molecule has 0 unspecified atom stereocenters. The van der Waals surface area contributed by atoms with E-state index in [1.807, 2.05) is 0 Å². The Kier molecular flexibility index (Phi) is 8.34. The van der Waals surface area contributed by atoms with Crippen LogP contribution in [-0.2, 0) is 17.5 Å². The Bertz CT molecular complexity index is 1350. The number of carbonyl (C=O) groups is 2. The van der Waals surface area contributed by atoms with Crippen LogP contribution in [0.2, 0.25) is 0 Å². The van der Waals surface area contributed by atoms with Gasteiger partial charge in [0.15, 0.2) is 5.82 Å². The summed E-state index contributed by atoms with van der Waals surface area (Å²) in [6.45, 7) is 12.2. The summed E-state index contributed by atoms with van der Waals surface area (Å²) >= 11 is 0. The maximum atomic E-state index is 13.7. The Labute approximate surface area is 217 Å². The van der Waals surface area contributed by atoms with Crippen LogP contribution in [0.3, 0.4) is 0 Å². The van der Waals surface area contributed by atoms with Crippen molar-refractivity contribution in [3.8, 4) is 17.3 Å². The van der Waals surface area contributed by atoms with Crippen LogP contribution in [0.25, 0.3) is 11.5 Å². The largest absolute Gasteiger partial charge is 0.489 e. The molecule has 0 aliphatic rings. The number of halogens is 3. The number of allylic oxidation sites excluding steroid dienone is 1. The van der Waals surface area contributed by atoms with Gasteiger partial charge in [-0.05, 0) is 51.1 Å². The SMILES string of the molecule is C=CCOc1cc(C(F)(F)F)ccc1C(=O)N(C(=O)OC(C)(C)C)c1cccc(-c2nncn2CC=C)n1. The molecule has 3 aromatic rings. The van der Waals surface area contributed by atoms with Gasteiger partial charge in [0.2, 0.25) is 0 Å². The van der Waals surface area contributed by atoms with E-state index in [0.29, 0.717) is 23.3 Å². The summed E-state index contributed by atoms with van der Waals surface area (Å²) in [7, 11) is 0. The van der Waals surface area contributed by atoms with Crippen molar-refractivity contribution in [3.05, 3.63) is 79.2 Å². The van der Waals surface area contributed by atoms with Crippen LogP contribution in [-0.4, -0.2) is 44.0 Å². The number of benzene rings is 1. The van der Waals surface area contributed by atoms with Crippen molar-refractivity contribution >= 4 is 17.8 Å². The Balaban J connectivity index is 2.14. The van der Waals surface area contributed by atoms with Gasteiger partial charge in [0, 0.05) is 6.54 Å². The van der Waals surface area contributed by atoms with E-state index in [1.54, 1.807) is 37.5 Å². The Morgan fingerprint density at radius 1 is 1.11 bits per heavy atom. The molecule has 2 aromatic heterocycles. The molecule has 0 fully saturated rings. The molecule has 1 aromatic carbocycles. The lowest BCUT2D eigenvalue weighted by Gasteiger charge is -2.26. The molecule has 0 spiro atoms. The van der Waals surface area contributed by atoms with Gasteiger partial charge in [-0.25, -0.2) is 9.78 Å². The number of anilines is 1. The van der Waals surface area contributed by atoms with Gasteiger partial charge in [-0.3, -0.25) is 4.79 Å². The fraction of sp³-hybridized carbons (Fsp3) is 0.269. The minimum Gasteiger partial charge on any atom is -0.489 e. The van der Waals surface area contributed by atoms with Crippen molar-refractivity contribution in [2.45, 2.75) is 39.1 Å². The van der Waals surface area contributed by atoms with E-state index in [2.05, 4.69) is 28.3 Å². The molecular formula is C26H26F3N5O4. The Morgan fingerprint density at radius 3 is 2.47 bits per heavy atom. The van der Waals surface area contributed by atoms with E-state index in [1.165, 1.54) is 24.5 Å². The van der Waals surface area contributed by atoms with Crippen molar-refractivity contribution in [2.75, 3.05) is 11.5 Å². The third-order valence-electron chi connectivity index (χ3n) is 4.81. The van der Waals surface area contributed by atoms with Crippen LogP contribution in [0.1, 0.15) is 36.7 Å². The van der Waals surface area contributed by atoms with E-state index in [0.717, 1.165) is 12.1 Å². The molecular weight excluding hydrogens is 503 g/mol. The van der Waals surface area contributed by atoms with Gasteiger partial charge in [-0.1, -0.05) is 24.8 Å². The summed E-state index contributed by atoms with van der Waals surface area (Å²) in [4.78, 5) is 32.0. The molecule has 9 nitrogen and oxygen atoms in total. The number of pyridine rings is 1. The average molecular weight is 530 g/mol. The first-order valence-corrected chi connectivity index (χ1v) is 11.3. The second-order valence-electron chi connectivity index (χ2n) is 8.91. The number of alkyl halides is 3. The van der Waals surface area contributed by atoms with Crippen molar-refractivity contribution in [1.29, 1.82) is 0 Å². The third kappa shape index (κ3) is 6.64. The first-order chi connectivity index (χ1) is 17.9. The molecule has 0 radical (unpaired) electrons. The zero-order chi connectivity index (χ0) is 28.1. The molecule has 2 heterocycles. The molecule has 3 rings (SSSR count). The van der Waals surface area contributed by atoms with Gasteiger partial charge in [0.1, 0.15) is 35.8 Å². The molecule has 200 valence electrons. The zero-order valence-electron chi connectivity index (χ0n) is 21.0. The maximum Gasteiger partial charge on any atom is 0.423 e. The van der Waals surface area contributed by atoms with E-state index < -0.39 is 29.3 Å². The Morgan fingerprint density at radius 2 is 1.84 bits per heavy atom. The molecule has 0 atom stereocenters. The lowest BCUT2D eigenvalue weighted by atomic mass is 10.1. The normalized spacial score (nSPS) is 11.5. The van der Waals surface area contributed by atoms with Crippen molar-refractivity contribution in [1.82, 2.24) is 19.7 Å². The van der Waals surface area contributed by atoms with Gasteiger partial charge in [-0.2, -0.15) is 18.1 Å². The predicted molar refractivity (Wildman–Crippen MR) is 134 cm³/mol. The lowest BCUT2D eigenvalue weighted by molar-refractivity contribution is -0.137. The summed E-state index contributed by atoms with van der Waals surface area (Å²) in [6.07, 6.45) is -1.37. The molecule has 0 aliphatic heterocycles. The summed E-state index contributed by atoms with van der Waals surface area (Å²) in [5, 5.41) is 7.90. The van der Waals surface area contributed by atoms with Crippen LogP contribution >= 0.6 is 0 Å². The van der Waals surface area contributed by atoms with E-state index in [9.17, 15) is 22.8 Å². The highest BCUT2D eigenvalue weighted by Gasteiger charge is 2.35. The predicted octanol–water partition coefficient (Wildman–Crippen LogP) is 5.69. The number of nitrogens with zero attached hydrogens (tertiary/aromatic N) is 5. The standard InChI is InChI=1S/C26H26F3N5O4/c1-6-13-33-16-30-32-22(33)19-9-8-10-21(31-19)34(24(36)38-25(3,4)5)23(35)18-12-11-17(26(27,28)29)15-20(18)37-14-7-2/h6-12,15-16H,1-2,13-14H2,3-5H3. The summed E-state index contributed by atoms with van der Waals surface area (Å²) in [5.41, 5.74) is -2.07. The van der Waals surface area contributed by atoms with Crippen molar-refractivity contribution in [2.24, 2.45) is 0 Å². The molecule has 0 saturated carbocycles. The smallest absolute Gasteiger partial charge is 0.423 e. The lowest BCUT2D eigenvalue weighted by Crippen LogP contribution is -2.41. The summed E-state index contributed by atoms with van der Waals surface area (Å²) < 4.78 is 52.5. The Hall–Kier alpha value is -4.48. The number of rotatable bonds is 8. The number of ether oxygens (including phenoxy) is 2. The fourth-order valence-electron chi connectivity index (χ4n) is 3.25.